The van der Waals surface area contributed by atoms with Crippen LogP contribution in [0.25, 0.3) is 11.2 Å². The predicted molar refractivity (Wildman–Crippen MR) is 85.2 cm³/mol. The molecule has 4 N–H and O–H groups in total. The van der Waals surface area contributed by atoms with Crippen LogP contribution in [-0.2, 0) is 13.8 Å². The Bertz CT molecular complexity index is 768. The highest BCUT2D eigenvalue weighted by Crippen LogP contribution is 2.43. The molecule has 132 valence electrons. The first kappa shape index (κ1) is 17.2. The normalized spacial score (nSPS) is 26.7. The molecule has 0 saturated heterocycles. The Balaban J connectivity index is 1.71. The third-order valence-electron chi connectivity index (χ3n) is 4.01. The van der Waals surface area contributed by atoms with Gasteiger partial charge in [0.2, 0.25) is 0 Å². The Morgan fingerprint density at radius 1 is 1.42 bits per heavy atom. The molecule has 0 aliphatic heterocycles. The lowest BCUT2D eigenvalue weighted by molar-refractivity contribution is -0.00557. The van der Waals surface area contributed by atoms with Crippen molar-refractivity contribution < 1.29 is 23.8 Å². The van der Waals surface area contributed by atoms with Gasteiger partial charge in [0, 0.05) is 6.04 Å². The Morgan fingerprint density at radius 3 is 2.96 bits per heavy atom. The molecule has 0 aromatic carbocycles. The highest BCUT2D eigenvalue weighted by atomic mass is 31.2. The zero-order valence-corrected chi connectivity index (χ0v) is 14.0. The number of nitrogens with two attached hydrogens (primary N) is 1. The summed E-state index contributed by atoms with van der Waals surface area (Å²) in [6.45, 7) is 1.75. The second-order valence-electron chi connectivity index (χ2n) is 5.66. The van der Waals surface area contributed by atoms with Crippen molar-refractivity contribution in [3.8, 4) is 0 Å². The summed E-state index contributed by atoms with van der Waals surface area (Å²) in [6, 6.07) is -0.102. The first-order valence-electron chi connectivity index (χ1n) is 7.60. The molecule has 0 spiro atoms. The zero-order valence-electron chi connectivity index (χ0n) is 13.1. The number of aliphatic hydroxyl groups is 1. The van der Waals surface area contributed by atoms with Crippen LogP contribution >= 0.6 is 7.60 Å². The highest BCUT2D eigenvalue weighted by molar-refractivity contribution is 7.52. The van der Waals surface area contributed by atoms with Crippen molar-refractivity contribution in [2.24, 2.45) is 0 Å². The van der Waals surface area contributed by atoms with Gasteiger partial charge in [0.1, 0.15) is 18.2 Å². The number of hydrogen-bond acceptors (Lipinski definition) is 8. The summed E-state index contributed by atoms with van der Waals surface area (Å²) in [7, 11) is -3.79. The average molecular weight is 357 g/mol. The van der Waals surface area contributed by atoms with E-state index in [1.165, 1.54) is 6.33 Å². The number of hydrogen-bond donors (Lipinski definition) is 3. The second kappa shape index (κ2) is 6.73. The molecule has 11 heteroatoms. The van der Waals surface area contributed by atoms with Gasteiger partial charge in [-0.25, -0.2) is 15.0 Å². The molecule has 0 bridgehead atoms. The molecule has 2 aromatic rings. The van der Waals surface area contributed by atoms with Gasteiger partial charge in [-0.3, -0.25) is 4.57 Å². The van der Waals surface area contributed by atoms with Crippen molar-refractivity contribution in [1.82, 2.24) is 19.5 Å². The van der Waals surface area contributed by atoms with Gasteiger partial charge in [-0.1, -0.05) is 0 Å². The minimum absolute atomic E-state index is 0.102. The lowest BCUT2D eigenvalue weighted by Crippen LogP contribution is -2.23. The molecule has 2 heterocycles. The van der Waals surface area contributed by atoms with Crippen molar-refractivity contribution in [3.05, 3.63) is 12.7 Å². The number of nitrogens with zero attached hydrogens (tertiary/aromatic N) is 4. The molecule has 2 aromatic heterocycles. The van der Waals surface area contributed by atoms with Crippen molar-refractivity contribution in [3.63, 3.8) is 0 Å². The van der Waals surface area contributed by atoms with E-state index in [4.69, 9.17) is 15.0 Å². The maximum Gasteiger partial charge on any atom is 0.353 e. The van der Waals surface area contributed by atoms with Crippen LogP contribution in [0.15, 0.2) is 12.7 Å². The molecule has 10 nitrogen and oxygen atoms in total. The van der Waals surface area contributed by atoms with E-state index in [0.29, 0.717) is 29.8 Å². The summed E-state index contributed by atoms with van der Waals surface area (Å²) in [5.74, 6) is 0.294. The topological polar surface area (TPSA) is 146 Å². The van der Waals surface area contributed by atoms with Crippen molar-refractivity contribution in [2.45, 2.75) is 38.0 Å². The SMILES string of the molecule is CCOP(=O)(O)CO[C@H]1C[C@@H](n2cnc3c(N)ncnc32)C[C@@H]1O. The number of aromatic nitrogens is 4. The molecular formula is C13H20N5O5P. The smallest absolute Gasteiger partial charge is 0.353 e. The standard InChI is InChI=1S/C13H20N5O5P/c1-2-23-24(20,21)7-22-10-4-8(3-9(10)19)18-6-17-11-12(14)15-5-16-13(11)18/h5-6,8-10,19H,2-4,7H2,1H3,(H,20,21)(H2,14,15,16)/t8-,9-,10-/m0/s1. The Labute approximate surface area is 138 Å². The van der Waals surface area contributed by atoms with Gasteiger partial charge in [0.15, 0.2) is 11.5 Å². The van der Waals surface area contributed by atoms with E-state index < -0.39 is 26.2 Å². The molecule has 1 saturated carbocycles. The number of imidazole rings is 1. The summed E-state index contributed by atoms with van der Waals surface area (Å²) in [4.78, 5) is 21.9. The first-order valence-corrected chi connectivity index (χ1v) is 9.36. The van der Waals surface area contributed by atoms with Gasteiger partial charge in [-0.2, -0.15) is 0 Å². The minimum Gasteiger partial charge on any atom is -0.390 e. The third kappa shape index (κ3) is 3.42. The minimum atomic E-state index is -3.79. The molecule has 24 heavy (non-hydrogen) atoms. The van der Waals surface area contributed by atoms with Crippen LogP contribution in [0.5, 0.6) is 0 Å². The van der Waals surface area contributed by atoms with Crippen molar-refractivity contribution in [1.29, 1.82) is 0 Å². The highest BCUT2D eigenvalue weighted by Gasteiger charge is 2.37. The number of fused-ring (bicyclic) bond motifs is 1. The van der Waals surface area contributed by atoms with Crippen molar-refractivity contribution >= 4 is 24.6 Å². The molecule has 1 fully saturated rings. The molecule has 1 unspecified atom stereocenters. The number of nitrogen functional groups attached to an aromatic ring is 1. The summed E-state index contributed by atoms with van der Waals surface area (Å²) >= 11 is 0. The van der Waals surface area contributed by atoms with Gasteiger partial charge < -0.3 is 29.6 Å². The lowest BCUT2D eigenvalue weighted by atomic mass is 10.2. The van der Waals surface area contributed by atoms with E-state index in [9.17, 15) is 14.6 Å². The summed E-state index contributed by atoms with van der Waals surface area (Å²) in [6.07, 6.45) is 2.08. The fourth-order valence-electron chi connectivity index (χ4n) is 2.92. The van der Waals surface area contributed by atoms with E-state index in [2.05, 4.69) is 15.0 Å². The van der Waals surface area contributed by atoms with Crippen LogP contribution < -0.4 is 5.73 Å². The van der Waals surface area contributed by atoms with E-state index in [0.717, 1.165) is 0 Å². The van der Waals surface area contributed by atoms with Crippen LogP contribution in [0.3, 0.4) is 0 Å². The maximum atomic E-state index is 11.7. The molecule has 4 atom stereocenters. The largest absolute Gasteiger partial charge is 0.390 e. The molecule has 0 radical (unpaired) electrons. The van der Waals surface area contributed by atoms with E-state index in [1.807, 2.05) is 4.57 Å². The summed E-state index contributed by atoms with van der Waals surface area (Å²) in [5.41, 5.74) is 6.87. The second-order valence-corrected chi connectivity index (χ2v) is 7.46. The number of ether oxygens (including phenoxy) is 1. The Morgan fingerprint density at radius 2 is 2.21 bits per heavy atom. The predicted octanol–water partition coefficient (Wildman–Crippen LogP) is 0.669. The van der Waals surface area contributed by atoms with E-state index in [-0.39, 0.29) is 12.6 Å². The summed E-state index contributed by atoms with van der Waals surface area (Å²) in [5, 5.41) is 10.2. The van der Waals surface area contributed by atoms with Gasteiger partial charge >= 0.3 is 7.60 Å². The van der Waals surface area contributed by atoms with E-state index >= 15 is 0 Å². The van der Waals surface area contributed by atoms with Gasteiger partial charge in [0.25, 0.3) is 0 Å². The number of rotatable bonds is 6. The van der Waals surface area contributed by atoms with Crippen LogP contribution in [0.2, 0.25) is 0 Å². The Kier molecular flexibility index (Phi) is 4.84. The zero-order chi connectivity index (χ0) is 17.3. The van der Waals surface area contributed by atoms with Gasteiger partial charge in [0.05, 0.1) is 25.1 Å². The quantitative estimate of drug-likeness (QED) is 0.635. The fourth-order valence-corrected chi connectivity index (χ4v) is 3.78. The number of anilines is 1. The van der Waals surface area contributed by atoms with Crippen LogP contribution in [0.1, 0.15) is 25.8 Å². The van der Waals surface area contributed by atoms with Crippen LogP contribution in [0.4, 0.5) is 5.82 Å². The van der Waals surface area contributed by atoms with Crippen LogP contribution in [0, 0.1) is 0 Å². The maximum absolute atomic E-state index is 11.7. The van der Waals surface area contributed by atoms with Gasteiger partial charge in [-0.15, -0.1) is 0 Å². The van der Waals surface area contributed by atoms with Crippen LogP contribution in [-0.4, -0.2) is 54.7 Å². The number of aliphatic hydroxyl groups excluding tert-OH is 1. The summed E-state index contributed by atoms with van der Waals surface area (Å²) < 4.78 is 23.7. The average Bonchev–Trinajstić information content (AvgIpc) is 3.09. The lowest BCUT2D eigenvalue weighted by Gasteiger charge is -2.18. The molecule has 0 amide bonds. The monoisotopic (exact) mass is 357 g/mol. The molecule has 1 aliphatic rings. The first-order chi connectivity index (χ1) is 11.4. The molecular weight excluding hydrogens is 337 g/mol. The fraction of sp³-hybridized carbons (Fsp3) is 0.615. The van der Waals surface area contributed by atoms with Crippen molar-refractivity contribution in [2.75, 3.05) is 18.7 Å². The van der Waals surface area contributed by atoms with Gasteiger partial charge in [-0.05, 0) is 19.8 Å². The van der Waals surface area contributed by atoms with E-state index in [1.54, 1.807) is 13.3 Å². The molecule has 3 rings (SSSR count). The third-order valence-corrected chi connectivity index (χ3v) is 5.15. The molecule has 1 aliphatic carbocycles. The Hall–Kier alpha value is -1.58.